The van der Waals surface area contributed by atoms with Gasteiger partial charge in [-0.15, -0.1) is 0 Å². The SMILES string of the molecule is C[N+](C)(C)C[NH3+].[OH-].[OH-]. The minimum absolute atomic E-state index is 0. The third kappa shape index (κ3) is 17.0. The molecule has 0 radical (unpaired) electrons. The highest BCUT2D eigenvalue weighted by atomic mass is 16.0. The molecule has 0 aromatic rings. The van der Waals surface area contributed by atoms with E-state index in [0.717, 1.165) is 11.2 Å². The van der Waals surface area contributed by atoms with Crippen LogP contribution in [0.25, 0.3) is 0 Å². The van der Waals surface area contributed by atoms with Gasteiger partial charge in [0, 0.05) is 0 Å². The van der Waals surface area contributed by atoms with E-state index in [9.17, 15) is 0 Å². The lowest BCUT2D eigenvalue weighted by Crippen LogP contribution is -2.63. The van der Waals surface area contributed by atoms with Crippen LogP contribution in [-0.2, 0) is 0 Å². The fourth-order valence-electron chi connectivity index (χ4n) is 0. The molecule has 0 fully saturated rings. The fraction of sp³-hybridized carbons (Fsp3) is 1.00. The molecule has 0 aliphatic carbocycles. The summed E-state index contributed by atoms with van der Waals surface area (Å²) >= 11 is 0. The highest BCUT2D eigenvalue weighted by molar-refractivity contribution is 3.92. The largest absolute Gasteiger partial charge is 0.870 e. The predicted octanol–water partition coefficient (Wildman–Crippen LogP) is -1.46. The Kier molecular flexibility index (Phi) is 9.76. The smallest absolute Gasteiger partial charge is 0.202 e. The minimum Gasteiger partial charge on any atom is -0.870 e. The maximum absolute atomic E-state index is 3.73. The molecule has 0 saturated heterocycles. The van der Waals surface area contributed by atoms with Gasteiger partial charge < -0.3 is 16.7 Å². The zero-order valence-corrected chi connectivity index (χ0v) is 5.76. The Hall–Kier alpha value is -0.160. The van der Waals surface area contributed by atoms with Crippen molar-refractivity contribution in [2.75, 3.05) is 27.8 Å². The van der Waals surface area contributed by atoms with E-state index in [1.54, 1.807) is 0 Å². The van der Waals surface area contributed by atoms with Crippen LogP contribution in [0.1, 0.15) is 0 Å². The number of nitrogens with zero attached hydrogens (tertiary/aromatic N) is 1. The Balaban J connectivity index is -0.000000125. The van der Waals surface area contributed by atoms with Crippen LogP contribution in [0.5, 0.6) is 0 Å². The summed E-state index contributed by atoms with van der Waals surface area (Å²) in [6.45, 7) is 0.958. The summed E-state index contributed by atoms with van der Waals surface area (Å²) < 4.78 is 0.958. The minimum atomic E-state index is 0. The Morgan fingerprint density at radius 1 is 1.12 bits per heavy atom. The van der Waals surface area contributed by atoms with E-state index < -0.39 is 0 Å². The molecule has 0 unspecified atom stereocenters. The van der Waals surface area contributed by atoms with Gasteiger partial charge in [0.05, 0.1) is 21.1 Å². The molecule has 0 aliphatic rings. The summed E-state index contributed by atoms with van der Waals surface area (Å²) in [5.41, 5.74) is 3.73. The van der Waals surface area contributed by atoms with Crippen molar-refractivity contribution in [2.45, 2.75) is 0 Å². The lowest BCUT2D eigenvalue weighted by atomic mass is 10.7. The van der Waals surface area contributed by atoms with Crippen molar-refractivity contribution in [3.63, 3.8) is 0 Å². The van der Waals surface area contributed by atoms with Gasteiger partial charge >= 0.3 is 0 Å². The maximum atomic E-state index is 3.73. The maximum Gasteiger partial charge on any atom is 0.202 e. The normalized spacial score (nSPS) is 9.00. The van der Waals surface area contributed by atoms with E-state index in [-0.39, 0.29) is 11.0 Å². The monoisotopic (exact) mass is 124 g/mol. The molecule has 54 valence electrons. The number of rotatable bonds is 1. The molecule has 5 N–H and O–H groups in total. The Labute approximate surface area is 50.1 Å². The first-order valence-corrected chi connectivity index (χ1v) is 2.16. The van der Waals surface area contributed by atoms with Crippen LogP contribution < -0.4 is 5.73 Å². The quantitative estimate of drug-likeness (QED) is 0.342. The van der Waals surface area contributed by atoms with Crippen molar-refractivity contribution in [1.82, 2.24) is 0 Å². The lowest BCUT2D eigenvalue weighted by molar-refractivity contribution is -0.934. The van der Waals surface area contributed by atoms with E-state index in [4.69, 9.17) is 0 Å². The molecule has 0 bridgehead atoms. The van der Waals surface area contributed by atoms with Crippen LogP contribution in [0, 0.1) is 0 Å². The molecule has 0 rings (SSSR count). The molecule has 0 aromatic heterocycles. The lowest BCUT2D eigenvalue weighted by Gasteiger charge is -2.17. The number of quaternary nitrogens is 2. The second-order valence-corrected chi connectivity index (χ2v) is 2.51. The first-order chi connectivity index (χ1) is 2.56. The zero-order chi connectivity index (χ0) is 5.21. The van der Waals surface area contributed by atoms with Crippen LogP contribution in [-0.4, -0.2) is 43.2 Å². The van der Waals surface area contributed by atoms with Crippen molar-refractivity contribution in [3.8, 4) is 0 Å². The Morgan fingerprint density at radius 2 is 1.25 bits per heavy atom. The molecule has 8 heavy (non-hydrogen) atoms. The predicted molar refractivity (Wildman–Crippen MR) is 29.7 cm³/mol. The van der Waals surface area contributed by atoms with Crippen molar-refractivity contribution in [2.24, 2.45) is 0 Å². The summed E-state index contributed by atoms with van der Waals surface area (Å²) in [6, 6.07) is 0. The Bertz CT molecular complexity index is 41.8. The topological polar surface area (TPSA) is 87.6 Å². The number of hydrogen-bond acceptors (Lipinski definition) is 2. The molecular formula is C4H16N2O2. The third-order valence-corrected chi connectivity index (χ3v) is 0.671. The molecule has 4 heteroatoms. The van der Waals surface area contributed by atoms with Crippen LogP contribution in [0.3, 0.4) is 0 Å². The molecule has 0 saturated carbocycles. The summed E-state index contributed by atoms with van der Waals surface area (Å²) in [5.74, 6) is 0. The molecule has 0 aromatic carbocycles. The summed E-state index contributed by atoms with van der Waals surface area (Å²) in [6.07, 6.45) is 0. The van der Waals surface area contributed by atoms with Crippen LogP contribution in [0.15, 0.2) is 0 Å². The molecular weight excluding hydrogens is 108 g/mol. The molecule has 0 atom stereocenters. The average Bonchev–Trinajstić information content (AvgIpc) is 1.35. The van der Waals surface area contributed by atoms with Crippen molar-refractivity contribution in [3.05, 3.63) is 0 Å². The van der Waals surface area contributed by atoms with Gasteiger partial charge in [0.15, 0.2) is 0 Å². The van der Waals surface area contributed by atoms with Crippen molar-refractivity contribution in [1.29, 1.82) is 0 Å². The van der Waals surface area contributed by atoms with Crippen molar-refractivity contribution < 1.29 is 21.2 Å². The van der Waals surface area contributed by atoms with E-state index in [1.165, 1.54) is 0 Å². The second-order valence-electron chi connectivity index (χ2n) is 2.51. The van der Waals surface area contributed by atoms with E-state index in [0.29, 0.717) is 0 Å². The zero-order valence-electron chi connectivity index (χ0n) is 5.76. The van der Waals surface area contributed by atoms with Crippen LogP contribution in [0.2, 0.25) is 0 Å². The number of hydrogen-bond donors (Lipinski definition) is 1. The average molecular weight is 124 g/mol. The summed E-state index contributed by atoms with van der Waals surface area (Å²) in [5, 5.41) is 0. The molecule has 0 aliphatic heterocycles. The van der Waals surface area contributed by atoms with Gasteiger partial charge in [-0.2, -0.15) is 0 Å². The molecule has 0 heterocycles. The molecule has 4 nitrogen and oxygen atoms in total. The first-order valence-electron chi connectivity index (χ1n) is 2.16. The van der Waals surface area contributed by atoms with Gasteiger partial charge in [-0.05, 0) is 0 Å². The van der Waals surface area contributed by atoms with Gasteiger partial charge in [-0.1, -0.05) is 0 Å². The standard InChI is InChI=1S/C4H13N2.2H2O/c1-6(2,3)4-5;;/h4-5H2,1-3H3;2*1H2/q+1;;/p-1. The highest BCUT2D eigenvalue weighted by Gasteiger charge is 2.00. The molecule has 0 amide bonds. The van der Waals surface area contributed by atoms with E-state index in [2.05, 4.69) is 26.9 Å². The van der Waals surface area contributed by atoms with Gasteiger partial charge in [0.2, 0.25) is 6.67 Å². The Morgan fingerprint density at radius 3 is 1.25 bits per heavy atom. The van der Waals surface area contributed by atoms with Crippen molar-refractivity contribution >= 4 is 0 Å². The third-order valence-electron chi connectivity index (χ3n) is 0.671. The van der Waals surface area contributed by atoms with E-state index in [1.807, 2.05) is 0 Å². The van der Waals surface area contributed by atoms with Gasteiger partial charge in [0.1, 0.15) is 0 Å². The van der Waals surface area contributed by atoms with E-state index >= 15 is 0 Å². The van der Waals surface area contributed by atoms with Gasteiger partial charge in [0.25, 0.3) is 0 Å². The van der Waals surface area contributed by atoms with Gasteiger partial charge in [-0.3, -0.25) is 4.48 Å². The summed E-state index contributed by atoms with van der Waals surface area (Å²) in [4.78, 5) is 0. The van der Waals surface area contributed by atoms with Gasteiger partial charge in [-0.25, -0.2) is 0 Å². The first kappa shape index (κ1) is 15.7. The fourth-order valence-corrected chi connectivity index (χ4v) is 0. The second kappa shape index (κ2) is 4.99. The van der Waals surface area contributed by atoms with Crippen LogP contribution in [0.4, 0.5) is 0 Å². The highest BCUT2D eigenvalue weighted by Crippen LogP contribution is 1.77. The molecule has 0 spiro atoms. The van der Waals surface area contributed by atoms with Crippen LogP contribution >= 0.6 is 0 Å². The summed E-state index contributed by atoms with van der Waals surface area (Å²) in [7, 11) is 6.35.